The molecule has 1 aliphatic rings. The highest BCUT2D eigenvalue weighted by Crippen LogP contribution is 2.33. The second-order valence-corrected chi connectivity index (χ2v) is 11.5. The number of carboxylic acids is 1. The van der Waals surface area contributed by atoms with Crippen molar-refractivity contribution in [3.8, 4) is 0 Å². The van der Waals surface area contributed by atoms with E-state index in [9.17, 15) is 24.3 Å². The molecule has 3 unspecified atom stereocenters. The lowest BCUT2D eigenvalue weighted by molar-refractivity contribution is -0.151. The monoisotopic (exact) mass is 600 g/mol. The number of piperidine rings is 1. The SMILES string of the molecule is COCC(NC(=O)C(C)N)C(=O)N(C)[C@@]1(Cc2ccc(Cl)cc2)CCCN(C(=O)C(CC(=O)O)Cc2ccccc2)C1. The molecule has 2 aromatic rings. The summed E-state index contributed by atoms with van der Waals surface area (Å²) in [4.78, 5) is 55.3. The molecule has 0 saturated carbocycles. The van der Waals surface area contributed by atoms with Crippen LogP contribution in [-0.2, 0) is 36.8 Å². The Balaban J connectivity index is 1.95. The van der Waals surface area contributed by atoms with Crippen LogP contribution in [0.1, 0.15) is 37.3 Å². The second kappa shape index (κ2) is 15.1. The smallest absolute Gasteiger partial charge is 0.304 e. The number of hydrogen-bond acceptors (Lipinski definition) is 6. The molecule has 4 atom stereocenters. The van der Waals surface area contributed by atoms with E-state index < -0.39 is 35.4 Å². The van der Waals surface area contributed by atoms with Crippen LogP contribution in [0, 0.1) is 5.92 Å². The molecule has 1 saturated heterocycles. The van der Waals surface area contributed by atoms with Crippen molar-refractivity contribution in [3.63, 3.8) is 0 Å². The van der Waals surface area contributed by atoms with Gasteiger partial charge in [0, 0.05) is 32.3 Å². The van der Waals surface area contributed by atoms with Gasteiger partial charge < -0.3 is 30.7 Å². The number of carbonyl (C=O) groups excluding carboxylic acids is 3. The number of halogens is 1. The number of carboxylic acid groups (broad SMARTS) is 1. The van der Waals surface area contributed by atoms with Crippen molar-refractivity contribution in [1.82, 2.24) is 15.1 Å². The number of hydrogen-bond donors (Lipinski definition) is 3. The average Bonchev–Trinajstić information content (AvgIpc) is 2.97. The zero-order valence-corrected chi connectivity index (χ0v) is 25.2. The van der Waals surface area contributed by atoms with Crippen molar-refractivity contribution in [2.24, 2.45) is 11.7 Å². The van der Waals surface area contributed by atoms with Gasteiger partial charge in [0.2, 0.25) is 17.7 Å². The summed E-state index contributed by atoms with van der Waals surface area (Å²) in [6.45, 7) is 2.11. The van der Waals surface area contributed by atoms with E-state index in [4.69, 9.17) is 22.1 Å². The fourth-order valence-corrected chi connectivity index (χ4v) is 5.67. The molecule has 3 amide bonds. The molecule has 3 rings (SSSR count). The molecule has 4 N–H and O–H groups in total. The molecular formula is C31H41ClN4O6. The van der Waals surface area contributed by atoms with Crippen LogP contribution in [0.5, 0.6) is 0 Å². The molecule has 0 bridgehead atoms. The lowest BCUT2D eigenvalue weighted by atomic mass is 9.80. The Kier molecular flexibility index (Phi) is 11.9. The Labute approximate surface area is 252 Å². The summed E-state index contributed by atoms with van der Waals surface area (Å²) in [7, 11) is 3.11. The number of amides is 3. The van der Waals surface area contributed by atoms with Crippen LogP contribution < -0.4 is 11.1 Å². The largest absolute Gasteiger partial charge is 0.481 e. The molecule has 1 aliphatic heterocycles. The Morgan fingerprint density at radius 2 is 1.79 bits per heavy atom. The first-order valence-corrected chi connectivity index (χ1v) is 14.4. The Morgan fingerprint density at radius 1 is 1.12 bits per heavy atom. The van der Waals surface area contributed by atoms with Gasteiger partial charge in [-0.25, -0.2) is 0 Å². The van der Waals surface area contributed by atoms with Crippen molar-refractivity contribution in [3.05, 3.63) is 70.7 Å². The predicted molar refractivity (Wildman–Crippen MR) is 160 cm³/mol. The van der Waals surface area contributed by atoms with Gasteiger partial charge in [0.25, 0.3) is 0 Å². The maximum atomic E-state index is 13.9. The van der Waals surface area contributed by atoms with E-state index in [1.54, 1.807) is 29.0 Å². The van der Waals surface area contributed by atoms with E-state index in [0.717, 1.165) is 11.1 Å². The van der Waals surface area contributed by atoms with E-state index in [2.05, 4.69) is 5.32 Å². The first-order valence-electron chi connectivity index (χ1n) is 14.1. The summed E-state index contributed by atoms with van der Waals surface area (Å²) in [6, 6.07) is 14.9. The van der Waals surface area contributed by atoms with Gasteiger partial charge in [-0.15, -0.1) is 0 Å². The highest BCUT2D eigenvalue weighted by molar-refractivity contribution is 6.30. The number of likely N-dealkylation sites (N-methyl/N-ethyl adjacent to an activating group) is 1. The van der Waals surface area contributed by atoms with E-state index >= 15 is 0 Å². The second-order valence-electron chi connectivity index (χ2n) is 11.1. The number of ether oxygens (including phenoxy) is 1. The Hall–Kier alpha value is -3.47. The zero-order chi connectivity index (χ0) is 30.9. The van der Waals surface area contributed by atoms with Gasteiger partial charge in [-0.1, -0.05) is 54.1 Å². The van der Waals surface area contributed by atoms with Crippen LogP contribution in [0.25, 0.3) is 0 Å². The van der Waals surface area contributed by atoms with E-state index in [0.29, 0.717) is 37.3 Å². The Morgan fingerprint density at radius 3 is 2.38 bits per heavy atom. The minimum atomic E-state index is -1.05. The van der Waals surface area contributed by atoms with Crippen molar-refractivity contribution >= 4 is 35.3 Å². The topological polar surface area (TPSA) is 142 Å². The molecule has 10 nitrogen and oxygen atoms in total. The number of aliphatic carboxylic acids is 1. The third-order valence-corrected chi connectivity index (χ3v) is 8.06. The standard InChI is InChI=1S/C31H41ClN4O6/c1-21(33)28(39)34-26(19-42-3)30(41)35(2)31(18-23-10-12-25(32)13-11-23)14-7-15-36(20-31)29(40)24(17-27(37)38)16-22-8-5-4-6-9-22/h4-6,8-13,21,24,26H,7,14-20,33H2,1-3H3,(H,34,39)(H,37,38)/t21?,24?,26?,31-/m1/s1. The first-order chi connectivity index (χ1) is 20.0. The van der Waals surface area contributed by atoms with Crippen LogP contribution in [0.4, 0.5) is 0 Å². The van der Waals surface area contributed by atoms with Crippen LogP contribution in [0.3, 0.4) is 0 Å². The molecule has 0 radical (unpaired) electrons. The quantitative estimate of drug-likeness (QED) is 0.321. The first kappa shape index (κ1) is 33.0. The maximum Gasteiger partial charge on any atom is 0.304 e. The number of rotatable bonds is 13. The van der Waals surface area contributed by atoms with Crippen molar-refractivity contribution in [1.29, 1.82) is 0 Å². The Bertz CT molecular complexity index is 1230. The van der Waals surface area contributed by atoms with Crippen LogP contribution in [0.15, 0.2) is 54.6 Å². The molecular weight excluding hydrogens is 560 g/mol. The highest BCUT2D eigenvalue weighted by Gasteiger charge is 2.45. The van der Waals surface area contributed by atoms with Crippen molar-refractivity contribution in [2.75, 3.05) is 33.9 Å². The zero-order valence-electron chi connectivity index (χ0n) is 24.4. The lowest BCUT2D eigenvalue weighted by Gasteiger charge is -2.49. The number of carbonyl (C=O) groups is 4. The van der Waals surface area contributed by atoms with E-state index in [1.165, 1.54) is 14.0 Å². The molecule has 228 valence electrons. The van der Waals surface area contributed by atoms with Crippen LogP contribution in [0.2, 0.25) is 5.02 Å². The number of nitrogens with one attached hydrogen (secondary N) is 1. The van der Waals surface area contributed by atoms with Gasteiger partial charge >= 0.3 is 5.97 Å². The third kappa shape index (κ3) is 8.77. The summed E-state index contributed by atoms with van der Waals surface area (Å²) in [6.07, 6.45) is 1.59. The fourth-order valence-electron chi connectivity index (χ4n) is 5.55. The van der Waals surface area contributed by atoms with Gasteiger partial charge in [0.1, 0.15) is 6.04 Å². The number of nitrogens with two attached hydrogens (primary N) is 1. The molecule has 0 spiro atoms. The highest BCUT2D eigenvalue weighted by atomic mass is 35.5. The van der Waals surface area contributed by atoms with Gasteiger partial charge in [-0.05, 0) is 55.9 Å². The minimum Gasteiger partial charge on any atom is -0.481 e. The predicted octanol–water partition coefficient (Wildman–Crippen LogP) is 2.51. The minimum absolute atomic E-state index is 0.0565. The summed E-state index contributed by atoms with van der Waals surface area (Å²) < 4.78 is 5.25. The van der Waals surface area contributed by atoms with Gasteiger partial charge in [0.15, 0.2) is 0 Å². The summed E-state index contributed by atoms with van der Waals surface area (Å²) in [5, 5.41) is 12.9. The van der Waals surface area contributed by atoms with E-state index in [-0.39, 0.29) is 31.4 Å². The van der Waals surface area contributed by atoms with Gasteiger partial charge in [-0.2, -0.15) is 0 Å². The van der Waals surface area contributed by atoms with E-state index in [1.807, 2.05) is 42.5 Å². The maximum absolute atomic E-state index is 13.9. The number of nitrogens with zero attached hydrogens (tertiary/aromatic N) is 2. The van der Waals surface area contributed by atoms with Crippen molar-refractivity contribution < 1.29 is 29.0 Å². The number of methoxy groups -OCH3 is 1. The van der Waals surface area contributed by atoms with Gasteiger partial charge in [-0.3, -0.25) is 19.2 Å². The molecule has 0 aromatic heterocycles. The fraction of sp³-hybridized carbons (Fsp3) is 0.484. The molecule has 11 heteroatoms. The lowest BCUT2D eigenvalue weighted by Crippen LogP contribution is -2.65. The normalized spacial score (nSPS) is 18.9. The molecule has 0 aliphatic carbocycles. The summed E-state index contributed by atoms with van der Waals surface area (Å²) in [5.41, 5.74) is 6.69. The number of likely N-dealkylation sites (tertiary alicyclic amines) is 1. The molecule has 1 fully saturated rings. The third-order valence-electron chi connectivity index (χ3n) is 7.81. The average molecular weight is 601 g/mol. The molecule has 1 heterocycles. The molecule has 42 heavy (non-hydrogen) atoms. The summed E-state index contributed by atoms with van der Waals surface area (Å²) in [5.74, 6) is -2.93. The number of benzene rings is 2. The summed E-state index contributed by atoms with van der Waals surface area (Å²) >= 11 is 6.13. The van der Waals surface area contributed by atoms with Crippen LogP contribution in [-0.4, -0.2) is 90.1 Å². The molecule has 2 aromatic carbocycles. The van der Waals surface area contributed by atoms with Crippen molar-refractivity contribution in [2.45, 2.75) is 56.7 Å². The van der Waals surface area contributed by atoms with Gasteiger partial charge in [0.05, 0.1) is 30.5 Å². The van der Waals surface area contributed by atoms with Crippen LogP contribution >= 0.6 is 11.6 Å².